The van der Waals surface area contributed by atoms with E-state index in [-0.39, 0.29) is 11.8 Å². The summed E-state index contributed by atoms with van der Waals surface area (Å²) < 4.78 is 5.12. The van der Waals surface area contributed by atoms with Crippen molar-refractivity contribution in [3.63, 3.8) is 0 Å². The van der Waals surface area contributed by atoms with Crippen LogP contribution in [0.1, 0.15) is 45.3 Å². The van der Waals surface area contributed by atoms with Gasteiger partial charge in [0.05, 0.1) is 11.3 Å². The molecule has 1 amide bonds. The van der Waals surface area contributed by atoms with Crippen molar-refractivity contribution in [3.8, 4) is 0 Å². The molecule has 162 valence electrons. The number of pyridine rings is 1. The molecule has 0 unspecified atom stereocenters. The standard InChI is InChI=1S/C26H25N3O2S/c1-19-17-22(29-31-19)18-32-26-24(13-8-15-28-26)25(30)27-16-14-23(20-9-4-2-5-10-20)21-11-6-3-7-12-21/h2-13,15,17,23H,14,16,18H2,1H3,(H,27,30). The third-order valence-electron chi connectivity index (χ3n) is 5.17. The number of thioether (sulfide) groups is 1. The number of aromatic nitrogens is 2. The first-order valence-corrected chi connectivity index (χ1v) is 11.6. The first kappa shape index (κ1) is 21.8. The van der Waals surface area contributed by atoms with Gasteiger partial charge in [-0.3, -0.25) is 4.79 Å². The van der Waals surface area contributed by atoms with Crippen molar-refractivity contribution in [2.24, 2.45) is 0 Å². The molecule has 0 aliphatic rings. The first-order valence-electron chi connectivity index (χ1n) is 10.6. The Morgan fingerprint density at radius 1 is 1.00 bits per heavy atom. The smallest absolute Gasteiger partial charge is 0.254 e. The Kier molecular flexibility index (Phi) is 7.35. The van der Waals surface area contributed by atoms with E-state index in [1.807, 2.05) is 31.2 Å². The number of aryl methyl sites for hydroxylation is 1. The maximum Gasteiger partial charge on any atom is 0.254 e. The number of carbonyl (C=O) groups is 1. The summed E-state index contributed by atoms with van der Waals surface area (Å²) in [5.74, 6) is 1.47. The van der Waals surface area contributed by atoms with Gasteiger partial charge in [-0.1, -0.05) is 77.6 Å². The maximum atomic E-state index is 12.9. The topological polar surface area (TPSA) is 68.0 Å². The molecule has 0 spiro atoms. The zero-order valence-corrected chi connectivity index (χ0v) is 18.7. The minimum Gasteiger partial charge on any atom is -0.361 e. The number of amides is 1. The number of rotatable bonds is 9. The molecule has 0 fully saturated rings. The summed E-state index contributed by atoms with van der Waals surface area (Å²) in [7, 11) is 0. The van der Waals surface area contributed by atoms with Gasteiger partial charge in [0, 0.05) is 30.5 Å². The quantitative estimate of drug-likeness (QED) is 0.340. The molecule has 2 aromatic heterocycles. The lowest BCUT2D eigenvalue weighted by molar-refractivity contribution is 0.0949. The van der Waals surface area contributed by atoms with E-state index in [1.165, 1.54) is 22.9 Å². The van der Waals surface area contributed by atoms with Crippen molar-refractivity contribution in [3.05, 3.63) is 113 Å². The molecule has 0 saturated carbocycles. The number of hydrogen-bond donors (Lipinski definition) is 1. The lowest BCUT2D eigenvalue weighted by Gasteiger charge is -2.18. The molecule has 0 atom stereocenters. The first-order chi connectivity index (χ1) is 15.7. The summed E-state index contributed by atoms with van der Waals surface area (Å²) in [5, 5.41) is 7.78. The van der Waals surface area contributed by atoms with Crippen molar-refractivity contribution in [2.45, 2.75) is 30.0 Å². The van der Waals surface area contributed by atoms with E-state index in [0.29, 0.717) is 22.9 Å². The number of nitrogens with zero attached hydrogens (tertiary/aromatic N) is 2. The average molecular weight is 444 g/mol. The van der Waals surface area contributed by atoms with Gasteiger partial charge >= 0.3 is 0 Å². The van der Waals surface area contributed by atoms with Crippen molar-refractivity contribution >= 4 is 17.7 Å². The minimum atomic E-state index is -0.114. The summed E-state index contributed by atoms with van der Waals surface area (Å²) >= 11 is 1.48. The summed E-state index contributed by atoms with van der Waals surface area (Å²) in [6, 6.07) is 26.3. The van der Waals surface area contributed by atoms with Gasteiger partial charge in [-0.05, 0) is 36.6 Å². The highest BCUT2D eigenvalue weighted by atomic mass is 32.2. The average Bonchev–Trinajstić information content (AvgIpc) is 3.26. The second-order valence-corrected chi connectivity index (χ2v) is 8.46. The molecule has 32 heavy (non-hydrogen) atoms. The van der Waals surface area contributed by atoms with Crippen molar-refractivity contribution < 1.29 is 9.32 Å². The van der Waals surface area contributed by atoms with Crippen molar-refractivity contribution in [1.82, 2.24) is 15.5 Å². The Labute approximate surface area is 192 Å². The molecule has 2 aromatic carbocycles. The van der Waals surface area contributed by atoms with Gasteiger partial charge in [0.2, 0.25) is 0 Å². The van der Waals surface area contributed by atoms with Crippen LogP contribution in [0.2, 0.25) is 0 Å². The fourth-order valence-corrected chi connectivity index (χ4v) is 4.50. The third kappa shape index (κ3) is 5.65. The molecule has 4 aromatic rings. The van der Waals surface area contributed by atoms with Gasteiger partial charge in [0.25, 0.3) is 5.91 Å². The van der Waals surface area contributed by atoms with Crippen LogP contribution in [-0.2, 0) is 5.75 Å². The van der Waals surface area contributed by atoms with Gasteiger partial charge in [0.15, 0.2) is 0 Å². The molecular formula is C26H25N3O2S. The summed E-state index contributed by atoms with van der Waals surface area (Å²) in [6.07, 6.45) is 2.51. The molecule has 6 heteroatoms. The summed E-state index contributed by atoms with van der Waals surface area (Å²) in [4.78, 5) is 17.3. The zero-order valence-electron chi connectivity index (χ0n) is 17.9. The molecule has 4 rings (SSSR count). The van der Waals surface area contributed by atoms with E-state index in [9.17, 15) is 4.79 Å². The van der Waals surface area contributed by atoms with Crippen LogP contribution < -0.4 is 5.32 Å². The molecule has 5 nitrogen and oxygen atoms in total. The van der Waals surface area contributed by atoms with Gasteiger partial charge < -0.3 is 9.84 Å². The predicted octanol–water partition coefficient (Wildman–Crippen LogP) is 5.62. The second-order valence-electron chi connectivity index (χ2n) is 7.49. The normalized spacial score (nSPS) is 10.9. The fourth-order valence-electron chi connectivity index (χ4n) is 3.63. The molecular weight excluding hydrogens is 418 g/mol. The predicted molar refractivity (Wildman–Crippen MR) is 127 cm³/mol. The fraction of sp³-hybridized carbons (Fsp3) is 0.192. The highest BCUT2D eigenvalue weighted by Crippen LogP contribution is 2.28. The second kappa shape index (κ2) is 10.8. The van der Waals surface area contributed by atoms with Crippen molar-refractivity contribution in [2.75, 3.05) is 6.54 Å². The number of nitrogens with one attached hydrogen (secondary N) is 1. The van der Waals surface area contributed by atoms with Crippen molar-refractivity contribution in [1.29, 1.82) is 0 Å². The highest BCUT2D eigenvalue weighted by molar-refractivity contribution is 7.98. The SMILES string of the molecule is Cc1cc(CSc2ncccc2C(=O)NCCC(c2ccccc2)c2ccccc2)no1. The van der Waals surface area contributed by atoms with E-state index in [4.69, 9.17) is 4.52 Å². The minimum absolute atomic E-state index is 0.114. The third-order valence-corrected chi connectivity index (χ3v) is 6.21. The lowest BCUT2D eigenvalue weighted by atomic mass is 9.88. The molecule has 0 aliphatic carbocycles. The van der Waals surface area contributed by atoms with Crippen LogP contribution >= 0.6 is 11.8 Å². The van der Waals surface area contributed by atoms with Gasteiger partial charge in [-0.25, -0.2) is 4.98 Å². The van der Waals surface area contributed by atoms with Crippen LogP contribution in [0.15, 0.2) is 94.6 Å². The largest absolute Gasteiger partial charge is 0.361 e. The van der Waals surface area contributed by atoms with E-state index >= 15 is 0 Å². The Hall–Kier alpha value is -3.38. The monoisotopic (exact) mass is 443 g/mol. The van der Waals surface area contributed by atoms with Crippen LogP contribution in [0.5, 0.6) is 0 Å². The van der Waals surface area contributed by atoms with E-state index in [0.717, 1.165) is 17.9 Å². The van der Waals surface area contributed by atoms with E-state index in [2.05, 4.69) is 64.0 Å². The molecule has 0 radical (unpaired) electrons. The van der Waals surface area contributed by atoms with Gasteiger partial charge in [-0.15, -0.1) is 0 Å². The van der Waals surface area contributed by atoms with Crippen LogP contribution in [0.25, 0.3) is 0 Å². The lowest BCUT2D eigenvalue weighted by Crippen LogP contribution is -2.26. The molecule has 2 heterocycles. The maximum absolute atomic E-state index is 12.9. The summed E-state index contributed by atoms with van der Waals surface area (Å²) in [5.41, 5.74) is 3.90. The molecule has 0 aliphatic heterocycles. The van der Waals surface area contributed by atoms with Gasteiger partial charge in [0.1, 0.15) is 10.8 Å². The Bertz CT molecular complexity index is 1110. The zero-order chi connectivity index (χ0) is 22.2. The molecule has 0 bridgehead atoms. The Balaban J connectivity index is 1.41. The van der Waals surface area contributed by atoms with Crippen LogP contribution in [0.3, 0.4) is 0 Å². The molecule has 0 saturated heterocycles. The van der Waals surface area contributed by atoms with E-state index in [1.54, 1.807) is 12.3 Å². The van der Waals surface area contributed by atoms with Crippen LogP contribution in [-0.4, -0.2) is 22.6 Å². The Morgan fingerprint density at radius 3 is 2.31 bits per heavy atom. The van der Waals surface area contributed by atoms with Gasteiger partial charge in [-0.2, -0.15) is 0 Å². The number of benzene rings is 2. The van der Waals surface area contributed by atoms with Crippen LogP contribution in [0.4, 0.5) is 0 Å². The number of hydrogen-bond acceptors (Lipinski definition) is 5. The summed E-state index contributed by atoms with van der Waals surface area (Å²) in [6.45, 7) is 2.42. The molecule has 1 N–H and O–H groups in total. The highest BCUT2D eigenvalue weighted by Gasteiger charge is 2.17. The van der Waals surface area contributed by atoms with Crippen LogP contribution in [0, 0.1) is 6.92 Å². The van der Waals surface area contributed by atoms with E-state index < -0.39 is 0 Å². The number of carbonyl (C=O) groups excluding carboxylic acids is 1. The Morgan fingerprint density at radius 2 is 1.69 bits per heavy atom.